The zero-order valence-electron chi connectivity index (χ0n) is 11.4. The molecule has 0 aromatic heterocycles. The van der Waals surface area contributed by atoms with Crippen LogP contribution in [0.4, 0.5) is 5.69 Å². The first-order valence-electron chi connectivity index (χ1n) is 6.98. The molecule has 20 heavy (non-hydrogen) atoms. The van der Waals surface area contributed by atoms with Crippen LogP contribution in [0.2, 0.25) is 5.02 Å². The zero-order valence-corrected chi connectivity index (χ0v) is 12.2. The maximum Gasteiger partial charge on any atom is 0.273 e. The first-order valence-corrected chi connectivity index (χ1v) is 7.36. The van der Waals surface area contributed by atoms with Crippen LogP contribution in [0.5, 0.6) is 0 Å². The fourth-order valence-corrected chi connectivity index (χ4v) is 3.06. The molecule has 2 rings (SSSR count). The third-order valence-corrected chi connectivity index (χ3v) is 4.10. The second kappa shape index (κ2) is 7.02. The number of nitrogens with two attached hydrogens (primary N) is 1. The number of nitro benzene ring substituents is 1. The Bertz CT molecular complexity index is 479. The number of piperidine rings is 1. The van der Waals surface area contributed by atoms with Crippen molar-refractivity contribution in [3.8, 4) is 0 Å². The molecule has 1 aromatic rings. The normalized spacial score (nSPS) is 20.0. The molecule has 0 amide bonds. The number of rotatable bonds is 5. The Morgan fingerprint density at radius 2 is 2.25 bits per heavy atom. The van der Waals surface area contributed by atoms with E-state index in [-0.39, 0.29) is 10.6 Å². The Morgan fingerprint density at radius 1 is 1.45 bits per heavy atom. The van der Waals surface area contributed by atoms with Gasteiger partial charge in [-0.25, -0.2) is 0 Å². The molecule has 1 aromatic carbocycles. The lowest BCUT2D eigenvalue weighted by Gasteiger charge is -2.35. The fourth-order valence-electron chi connectivity index (χ4n) is 2.87. The van der Waals surface area contributed by atoms with Gasteiger partial charge in [0.1, 0.15) is 0 Å². The number of nitrogens with zero attached hydrogens (tertiary/aromatic N) is 2. The van der Waals surface area contributed by atoms with Gasteiger partial charge in [-0.3, -0.25) is 15.0 Å². The maximum absolute atomic E-state index is 11.1. The molecule has 110 valence electrons. The number of halogens is 1. The largest absolute Gasteiger partial charge is 0.330 e. The molecule has 2 N–H and O–H groups in total. The minimum atomic E-state index is -0.340. The summed E-state index contributed by atoms with van der Waals surface area (Å²) in [5.41, 5.74) is 6.49. The lowest BCUT2D eigenvalue weighted by atomic mass is 9.98. The number of benzene rings is 1. The van der Waals surface area contributed by atoms with Crippen LogP contribution in [-0.4, -0.2) is 29.0 Å². The van der Waals surface area contributed by atoms with Gasteiger partial charge in [0.25, 0.3) is 5.69 Å². The SMILES string of the molecule is NCCC1CCCCN1Cc1cc(Cl)ccc1[N+](=O)[O-]. The molecule has 0 aliphatic carbocycles. The summed E-state index contributed by atoms with van der Waals surface area (Å²) in [7, 11) is 0. The van der Waals surface area contributed by atoms with Crippen LogP contribution < -0.4 is 5.73 Å². The topological polar surface area (TPSA) is 72.4 Å². The van der Waals surface area contributed by atoms with E-state index in [1.165, 1.54) is 12.5 Å². The van der Waals surface area contributed by atoms with Crippen LogP contribution in [0, 0.1) is 10.1 Å². The summed E-state index contributed by atoms with van der Waals surface area (Å²) in [6.45, 7) is 2.19. The van der Waals surface area contributed by atoms with Gasteiger partial charge in [0.2, 0.25) is 0 Å². The van der Waals surface area contributed by atoms with E-state index in [2.05, 4.69) is 4.90 Å². The lowest BCUT2D eigenvalue weighted by molar-refractivity contribution is -0.385. The third kappa shape index (κ3) is 3.69. The summed E-state index contributed by atoms with van der Waals surface area (Å²) in [5, 5.41) is 11.6. The summed E-state index contributed by atoms with van der Waals surface area (Å²) < 4.78 is 0. The minimum absolute atomic E-state index is 0.145. The Kier molecular flexibility index (Phi) is 5.34. The van der Waals surface area contributed by atoms with Crippen LogP contribution in [0.15, 0.2) is 18.2 Å². The molecule has 1 saturated heterocycles. The molecule has 1 unspecified atom stereocenters. The van der Waals surface area contributed by atoms with E-state index < -0.39 is 0 Å². The monoisotopic (exact) mass is 297 g/mol. The van der Waals surface area contributed by atoms with Crippen LogP contribution in [-0.2, 0) is 6.54 Å². The van der Waals surface area contributed by atoms with Crippen LogP contribution in [0.25, 0.3) is 0 Å². The van der Waals surface area contributed by atoms with Gasteiger partial charge in [-0.2, -0.15) is 0 Å². The molecule has 0 spiro atoms. The van der Waals surface area contributed by atoms with Gasteiger partial charge in [-0.05, 0) is 44.5 Å². The third-order valence-electron chi connectivity index (χ3n) is 3.86. The Morgan fingerprint density at radius 3 is 2.95 bits per heavy atom. The molecular weight excluding hydrogens is 278 g/mol. The molecule has 0 radical (unpaired) electrons. The number of nitro groups is 1. The second-order valence-corrected chi connectivity index (χ2v) is 5.66. The van der Waals surface area contributed by atoms with E-state index in [4.69, 9.17) is 17.3 Å². The van der Waals surface area contributed by atoms with E-state index in [1.807, 2.05) is 0 Å². The number of hydrogen-bond acceptors (Lipinski definition) is 4. The van der Waals surface area contributed by atoms with E-state index >= 15 is 0 Å². The highest BCUT2D eigenvalue weighted by Gasteiger charge is 2.24. The quantitative estimate of drug-likeness (QED) is 0.670. The lowest BCUT2D eigenvalue weighted by Crippen LogP contribution is -2.40. The van der Waals surface area contributed by atoms with E-state index in [1.54, 1.807) is 12.1 Å². The molecule has 1 aliphatic rings. The fraction of sp³-hybridized carbons (Fsp3) is 0.571. The highest BCUT2D eigenvalue weighted by atomic mass is 35.5. The summed E-state index contributed by atoms with van der Waals surface area (Å²) >= 11 is 5.98. The predicted molar refractivity (Wildman–Crippen MR) is 79.8 cm³/mol. The van der Waals surface area contributed by atoms with Crippen molar-refractivity contribution in [2.24, 2.45) is 5.73 Å². The molecular formula is C14H20ClN3O2. The van der Waals surface area contributed by atoms with E-state index in [0.29, 0.717) is 29.7 Å². The molecule has 0 saturated carbocycles. The standard InChI is InChI=1S/C14H20ClN3O2/c15-12-4-5-14(18(19)20)11(9-12)10-17-8-2-1-3-13(17)6-7-16/h4-5,9,13H,1-3,6-8,10,16H2. The average molecular weight is 298 g/mol. The molecule has 1 heterocycles. The van der Waals surface area contributed by atoms with Gasteiger partial charge >= 0.3 is 0 Å². The summed E-state index contributed by atoms with van der Waals surface area (Å²) in [6, 6.07) is 5.18. The van der Waals surface area contributed by atoms with Crippen molar-refractivity contribution < 1.29 is 4.92 Å². The van der Waals surface area contributed by atoms with Gasteiger partial charge in [-0.15, -0.1) is 0 Å². The first kappa shape index (κ1) is 15.2. The van der Waals surface area contributed by atoms with Crippen molar-refractivity contribution in [1.29, 1.82) is 0 Å². The molecule has 1 aliphatic heterocycles. The van der Waals surface area contributed by atoms with Crippen molar-refractivity contribution in [2.75, 3.05) is 13.1 Å². The van der Waals surface area contributed by atoms with Crippen molar-refractivity contribution in [3.63, 3.8) is 0 Å². The van der Waals surface area contributed by atoms with Crippen molar-refractivity contribution in [2.45, 2.75) is 38.3 Å². The van der Waals surface area contributed by atoms with Crippen LogP contribution >= 0.6 is 11.6 Å². The minimum Gasteiger partial charge on any atom is -0.330 e. The van der Waals surface area contributed by atoms with Crippen molar-refractivity contribution in [3.05, 3.63) is 38.9 Å². The van der Waals surface area contributed by atoms with E-state index in [9.17, 15) is 10.1 Å². The van der Waals surface area contributed by atoms with Gasteiger partial charge in [0.15, 0.2) is 0 Å². The number of likely N-dealkylation sites (tertiary alicyclic amines) is 1. The second-order valence-electron chi connectivity index (χ2n) is 5.23. The first-order chi connectivity index (χ1) is 9.61. The van der Waals surface area contributed by atoms with E-state index in [0.717, 1.165) is 25.8 Å². The van der Waals surface area contributed by atoms with Gasteiger partial charge in [-0.1, -0.05) is 18.0 Å². The Labute approximate surface area is 123 Å². The smallest absolute Gasteiger partial charge is 0.273 e. The average Bonchev–Trinajstić information content (AvgIpc) is 2.41. The van der Waals surface area contributed by atoms with Crippen molar-refractivity contribution >= 4 is 17.3 Å². The maximum atomic E-state index is 11.1. The van der Waals surface area contributed by atoms with Crippen molar-refractivity contribution in [1.82, 2.24) is 4.90 Å². The van der Waals surface area contributed by atoms with Gasteiger partial charge < -0.3 is 5.73 Å². The summed E-state index contributed by atoms with van der Waals surface area (Å²) in [4.78, 5) is 13.1. The van der Waals surface area contributed by atoms with Gasteiger partial charge in [0.05, 0.1) is 4.92 Å². The highest BCUT2D eigenvalue weighted by Crippen LogP contribution is 2.27. The predicted octanol–water partition coefficient (Wildman–Crippen LogP) is 2.95. The Balaban J connectivity index is 2.18. The molecule has 1 fully saturated rings. The van der Waals surface area contributed by atoms with Crippen LogP contribution in [0.1, 0.15) is 31.2 Å². The molecule has 0 bridgehead atoms. The summed E-state index contributed by atoms with van der Waals surface area (Å²) in [6.07, 6.45) is 4.40. The Hall–Kier alpha value is -1.17. The van der Waals surface area contributed by atoms with Crippen LogP contribution in [0.3, 0.4) is 0 Å². The summed E-state index contributed by atoms with van der Waals surface area (Å²) in [5.74, 6) is 0. The number of hydrogen-bond donors (Lipinski definition) is 1. The molecule has 1 atom stereocenters. The molecule has 6 heteroatoms. The highest BCUT2D eigenvalue weighted by molar-refractivity contribution is 6.30. The molecule has 5 nitrogen and oxygen atoms in total. The zero-order chi connectivity index (χ0) is 14.5. The van der Waals surface area contributed by atoms with Gasteiger partial charge in [0, 0.05) is 29.2 Å².